The number of hydrogen-bond acceptors (Lipinski definition) is 2. The summed E-state index contributed by atoms with van der Waals surface area (Å²) in [5.74, 6) is 0.117. The van der Waals surface area contributed by atoms with Gasteiger partial charge >= 0.3 is 0 Å². The van der Waals surface area contributed by atoms with Crippen molar-refractivity contribution in [1.82, 2.24) is 0 Å². The lowest BCUT2D eigenvalue weighted by Gasteiger charge is -2.09. The molecule has 0 aliphatic heterocycles. The van der Waals surface area contributed by atoms with Crippen LogP contribution in [0.15, 0.2) is 36.4 Å². The fraction of sp³-hybridized carbons (Fsp3) is 0.143. The van der Waals surface area contributed by atoms with Gasteiger partial charge in [0.2, 0.25) is 0 Å². The molecular formula is C14H13FO2. The highest BCUT2D eigenvalue weighted by molar-refractivity contribution is 5.73. The predicted octanol–water partition coefficient (Wildman–Crippen LogP) is 3.52. The summed E-state index contributed by atoms with van der Waals surface area (Å²) >= 11 is 0. The Morgan fingerprint density at radius 2 is 1.94 bits per heavy atom. The summed E-state index contributed by atoms with van der Waals surface area (Å²) in [6, 6.07) is 10.00. The standard InChI is InChI=1S/C14H13FO2/c1-9-6-7-10(8-12(9)15)11-4-3-5-13(17-2)14(11)16/h3-8,16H,1-2H3. The maximum Gasteiger partial charge on any atom is 0.165 e. The molecule has 0 radical (unpaired) electrons. The van der Waals surface area contributed by atoms with E-state index in [1.54, 1.807) is 37.3 Å². The number of hydrogen-bond donors (Lipinski definition) is 1. The van der Waals surface area contributed by atoms with Crippen LogP contribution in [-0.2, 0) is 0 Å². The van der Waals surface area contributed by atoms with Gasteiger partial charge in [-0.1, -0.05) is 24.3 Å². The maximum atomic E-state index is 13.5. The second kappa shape index (κ2) is 4.45. The molecule has 0 spiro atoms. The highest BCUT2D eigenvalue weighted by atomic mass is 19.1. The van der Waals surface area contributed by atoms with E-state index in [1.165, 1.54) is 13.2 Å². The van der Waals surface area contributed by atoms with Crippen LogP contribution in [0.25, 0.3) is 11.1 Å². The second-order valence-corrected chi connectivity index (χ2v) is 3.82. The van der Waals surface area contributed by atoms with Crippen molar-refractivity contribution < 1.29 is 14.2 Å². The van der Waals surface area contributed by atoms with E-state index < -0.39 is 0 Å². The van der Waals surface area contributed by atoms with E-state index in [0.29, 0.717) is 22.4 Å². The fourth-order valence-corrected chi connectivity index (χ4v) is 1.68. The van der Waals surface area contributed by atoms with Crippen LogP contribution < -0.4 is 4.74 Å². The number of rotatable bonds is 2. The van der Waals surface area contributed by atoms with Crippen molar-refractivity contribution in [3.05, 3.63) is 47.8 Å². The Morgan fingerprint density at radius 3 is 2.59 bits per heavy atom. The van der Waals surface area contributed by atoms with Crippen molar-refractivity contribution in [2.24, 2.45) is 0 Å². The second-order valence-electron chi connectivity index (χ2n) is 3.82. The topological polar surface area (TPSA) is 29.5 Å². The van der Waals surface area contributed by atoms with Crippen LogP contribution in [0, 0.1) is 12.7 Å². The number of phenols is 1. The van der Waals surface area contributed by atoms with Gasteiger partial charge in [0.15, 0.2) is 11.5 Å². The molecule has 2 aromatic carbocycles. The molecule has 0 bridgehead atoms. The smallest absolute Gasteiger partial charge is 0.165 e. The first kappa shape index (κ1) is 11.5. The normalized spacial score (nSPS) is 10.3. The molecule has 3 heteroatoms. The van der Waals surface area contributed by atoms with E-state index in [9.17, 15) is 9.50 Å². The molecule has 0 fully saturated rings. The molecule has 0 aromatic heterocycles. The lowest BCUT2D eigenvalue weighted by atomic mass is 10.0. The van der Waals surface area contributed by atoms with Crippen molar-refractivity contribution in [3.63, 3.8) is 0 Å². The Morgan fingerprint density at radius 1 is 1.18 bits per heavy atom. The van der Waals surface area contributed by atoms with Gasteiger partial charge in [0.05, 0.1) is 7.11 Å². The van der Waals surface area contributed by atoms with Crippen LogP contribution in [0.4, 0.5) is 4.39 Å². The molecule has 0 heterocycles. The summed E-state index contributed by atoms with van der Waals surface area (Å²) in [5, 5.41) is 9.95. The Kier molecular flexibility index (Phi) is 3.00. The predicted molar refractivity (Wildman–Crippen MR) is 64.8 cm³/mol. The Balaban J connectivity index is 2.56. The maximum absolute atomic E-state index is 13.5. The van der Waals surface area contributed by atoms with Crippen LogP contribution >= 0.6 is 0 Å². The highest BCUT2D eigenvalue weighted by Crippen LogP contribution is 2.37. The molecular weight excluding hydrogens is 219 g/mol. The van der Waals surface area contributed by atoms with E-state index in [-0.39, 0.29) is 11.6 Å². The highest BCUT2D eigenvalue weighted by Gasteiger charge is 2.10. The van der Waals surface area contributed by atoms with E-state index in [1.807, 2.05) is 0 Å². The third-order valence-electron chi connectivity index (χ3n) is 2.70. The molecule has 0 aliphatic rings. The number of methoxy groups -OCH3 is 1. The number of para-hydroxylation sites is 1. The molecule has 2 aromatic rings. The van der Waals surface area contributed by atoms with Gasteiger partial charge in [0.1, 0.15) is 5.82 Å². The zero-order valence-corrected chi connectivity index (χ0v) is 9.70. The van der Waals surface area contributed by atoms with Gasteiger partial charge < -0.3 is 9.84 Å². The summed E-state index contributed by atoms with van der Waals surface area (Å²) in [6.07, 6.45) is 0. The lowest BCUT2D eigenvalue weighted by Crippen LogP contribution is -1.88. The van der Waals surface area contributed by atoms with Gasteiger partial charge in [0.25, 0.3) is 0 Å². The summed E-state index contributed by atoms with van der Waals surface area (Å²) in [4.78, 5) is 0. The summed E-state index contributed by atoms with van der Waals surface area (Å²) in [7, 11) is 1.48. The number of benzene rings is 2. The molecule has 0 atom stereocenters. The number of ether oxygens (including phenoxy) is 1. The van der Waals surface area contributed by atoms with Crippen molar-refractivity contribution in [1.29, 1.82) is 0 Å². The van der Waals surface area contributed by atoms with Crippen LogP contribution in [0.2, 0.25) is 0 Å². The fourth-order valence-electron chi connectivity index (χ4n) is 1.68. The van der Waals surface area contributed by atoms with Gasteiger partial charge in [-0.05, 0) is 30.2 Å². The van der Waals surface area contributed by atoms with E-state index >= 15 is 0 Å². The van der Waals surface area contributed by atoms with Gasteiger partial charge in [-0.15, -0.1) is 0 Å². The van der Waals surface area contributed by atoms with Gasteiger partial charge in [0, 0.05) is 5.56 Å². The van der Waals surface area contributed by atoms with Crippen LogP contribution in [-0.4, -0.2) is 12.2 Å². The molecule has 2 nitrogen and oxygen atoms in total. The monoisotopic (exact) mass is 232 g/mol. The summed E-state index contributed by atoms with van der Waals surface area (Å²) in [6.45, 7) is 1.70. The van der Waals surface area contributed by atoms with E-state index in [0.717, 1.165) is 0 Å². The lowest BCUT2D eigenvalue weighted by molar-refractivity contribution is 0.374. The van der Waals surface area contributed by atoms with Gasteiger partial charge in [-0.3, -0.25) is 0 Å². The molecule has 1 N–H and O–H groups in total. The van der Waals surface area contributed by atoms with Gasteiger partial charge in [-0.25, -0.2) is 4.39 Å². The number of phenolic OH excluding ortho intramolecular Hbond substituents is 1. The first-order valence-corrected chi connectivity index (χ1v) is 5.26. The summed E-state index contributed by atoms with van der Waals surface area (Å²) < 4.78 is 18.5. The van der Waals surface area contributed by atoms with Crippen molar-refractivity contribution >= 4 is 0 Å². The minimum Gasteiger partial charge on any atom is -0.504 e. The first-order valence-electron chi connectivity index (χ1n) is 5.26. The minimum absolute atomic E-state index is 0.0262. The van der Waals surface area contributed by atoms with Crippen LogP contribution in [0.3, 0.4) is 0 Å². The molecule has 0 unspecified atom stereocenters. The van der Waals surface area contributed by atoms with Crippen LogP contribution in [0.5, 0.6) is 11.5 Å². The van der Waals surface area contributed by atoms with E-state index in [2.05, 4.69) is 0 Å². The molecule has 0 aliphatic carbocycles. The van der Waals surface area contributed by atoms with E-state index in [4.69, 9.17) is 4.74 Å². The zero-order valence-electron chi connectivity index (χ0n) is 9.70. The number of halogens is 1. The molecule has 0 saturated carbocycles. The average Bonchev–Trinajstić information content (AvgIpc) is 2.33. The molecule has 17 heavy (non-hydrogen) atoms. The Hall–Kier alpha value is -2.03. The minimum atomic E-state index is -0.287. The molecule has 88 valence electrons. The number of aromatic hydroxyl groups is 1. The Bertz CT molecular complexity index is 550. The average molecular weight is 232 g/mol. The zero-order chi connectivity index (χ0) is 12.4. The third-order valence-corrected chi connectivity index (χ3v) is 2.70. The molecule has 0 amide bonds. The Labute approximate surface area is 99.3 Å². The largest absolute Gasteiger partial charge is 0.504 e. The van der Waals surface area contributed by atoms with Crippen molar-refractivity contribution in [2.75, 3.05) is 7.11 Å². The van der Waals surface area contributed by atoms with Crippen LogP contribution in [0.1, 0.15) is 5.56 Å². The number of aryl methyl sites for hydroxylation is 1. The molecule has 2 rings (SSSR count). The first-order chi connectivity index (χ1) is 8.13. The third kappa shape index (κ3) is 2.09. The SMILES string of the molecule is COc1cccc(-c2ccc(C)c(F)c2)c1O. The van der Waals surface area contributed by atoms with Gasteiger partial charge in [-0.2, -0.15) is 0 Å². The molecule has 0 saturated heterocycles. The van der Waals surface area contributed by atoms with Crippen molar-refractivity contribution in [3.8, 4) is 22.6 Å². The summed E-state index contributed by atoms with van der Waals surface area (Å²) in [5.41, 5.74) is 1.77. The quantitative estimate of drug-likeness (QED) is 0.858. The van der Waals surface area contributed by atoms with Crippen molar-refractivity contribution in [2.45, 2.75) is 6.92 Å².